The number of thiophene rings is 1. The van der Waals surface area contributed by atoms with Crippen molar-refractivity contribution >= 4 is 17.2 Å². The zero-order valence-electron chi connectivity index (χ0n) is 21.2. The number of hydrogen-bond donors (Lipinski definition) is 1. The minimum absolute atomic E-state index is 0.0580. The van der Waals surface area contributed by atoms with Crippen molar-refractivity contribution in [3.8, 4) is 0 Å². The van der Waals surface area contributed by atoms with Gasteiger partial charge in [-0.05, 0) is 69.3 Å². The molecule has 7 heteroatoms. The van der Waals surface area contributed by atoms with E-state index in [1.807, 2.05) is 17.5 Å². The SMILES string of the molecule is CCn1nc(C)c(CN2CCC3(CC2)c2ccccc2[C@@H](NC(=O)Cc2cccs2)[C@@H]3OC)c1C. The van der Waals surface area contributed by atoms with Crippen LogP contribution in [0.25, 0.3) is 0 Å². The summed E-state index contributed by atoms with van der Waals surface area (Å²) in [4.78, 5) is 16.6. The molecular weight excluding hydrogens is 456 g/mol. The monoisotopic (exact) mass is 492 g/mol. The van der Waals surface area contributed by atoms with E-state index in [2.05, 4.69) is 59.9 Å². The fraction of sp³-hybridized carbons (Fsp3) is 0.500. The summed E-state index contributed by atoms with van der Waals surface area (Å²) in [5.41, 5.74) is 6.25. The van der Waals surface area contributed by atoms with Gasteiger partial charge in [0.2, 0.25) is 5.91 Å². The van der Waals surface area contributed by atoms with Crippen molar-refractivity contribution < 1.29 is 9.53 Å². The molecule has 35 heavy (non-hydrogen) atoms. The Hall–Kier alpha value is -2.48. The van der Waals surface area contributed by atoms with Gasteiger partial charge in [-0.15, -0.1) is 11.3 Å². The molecular formula is C28H36N4O2S. The molecule has 0 radical (unpaired) electrons. The predicted octanol–water partition coefficient (Wildman–Crippen LogP) is 4.54. The Bertz CT molecular complexity index is 1180. The fourth-order valence-electron chi connectivity index (χ4n) is 6.33. The summed E-state index contributed by atoms with van der Waals surface area (Å²) in [6.45, 7) is 10.3. The highest BCUT2D eigenvalue weighted by Crippen LogP contribution is 2.52. The number of carbonyl (C=O) groups excluding carboxylic acids is 1. The average Bonchev–Trinajstić information content (AvgIpc) is 3.53. The van der Waals surface area contributed by atoms with Crippen LogP contribution < -0.4 is 5.32 Å². The van der Waals surface area contributed by atoms with Crippen molar-refractivity contribution in [2.75, 3.05) is 20.2 Å². The Kier molecular flexibility index (Phi) is 6.84. The molecule has 0 saturated carbocycles. The van der Waals surface area contributed by atoms with Crippen molar-refractivity contribution in [2.45, 2.75) is 70.7 Å². The number of aromatic nitrogens is 2. The second-order valence-corrected chi connectivity index (χ2v) is 11.0. The number of amides is 1. The molecule has 3 heterocycles. The number of nitrogens with zero attached hydrogens (tertiary/aromatic N) is 3. The largest absolute Gasteiger partial charge is 0.378 e. The Morgan fingerprint density at radius 2 is 1.97 bits per heavy atom. The summed E-state index contributed by atoms with van der Waals surface area (Å²) >= 11 is 1.62. The molecule has 1 aliphatic carbocycles. The van der Waals surface area contributed by atoms with E-state index < -0.39 is 0 Å². The Morgan fingerprint density at radius 1 is 1.20 bits per heavy atom. The van der Waals surface area contributed by atoms with E-state index in [9.17, 15) is 4.79 Å². The van der Waals surface area contributed by atoms with Gasteiger partial charge in [0.25, 0.3) is 0 Å². The van der Waals surface area contributed by atoms with Crippen molar-refractivity contribution in [3.63, 3.8) is 0 Å². The van der Waals surface area contributed by atoms with Crippen molar-refractivity contribution in [1.29, 1.82) is 0 Å². The van der Waals surface area contributed by atoms with Crippen LogP contribution in [0.5, 0.6) is 0 Å². The molecule has 2 atom stereocenters. The van der Waals surface area contributed by atoms with E-state index >= 15 is 0 Å². The molecule has 1 spiro atoms. The highest BCUT2D eigenvalue weighted by Gasteiger charge is 2.53. The third-order valence-corrected chi connectivity index (χ3v) is 9.00. The molecule has 186 valence electrons. The molecule has 2 aliphatic rings. The second-order valence-electron chi connectivity index (χ2n) is 9.94. The number of rotatable bonds is 7. The van der Waals surface area contributed by atoms with Crippen LogP contribution in [0.4, 0.5) is 0 Å². The quantitative estimate of drug-likeness (QED) is 0.526. The summed E-state index contributed by atoms with van der Waals surface area (Å²) in [5, 5.41) is 10.1. The van der Waals surface area contributed by atoms with E-state index in [4.69, 9.17) is 9.84 Å². The number of carbonyl (C=O) groups is 1. The van der Waals surface area contributed by atoms with Gasteiger partial charge in [-0.1, -0.05) is 30.3 Å². The van der Waals surface area contributed by atoms with Crippen LogP contribution in [0.2, 0.25) is 0 Å². The first-order valence-corrected chi connectivity index (χ1v) is 13.5. The van der Waals surface area contributed by atoms with Gasteiger partial charge in [0.05, 0.1) is 24.3 Å². The number of fused-ring (bicyclic) bond motifs is 2. The maximum absolute atomic E-state index is 13.0. The van der Waals surface area contributed by atoms with Gasteiger partial charge in [-0.25, -0.2) is 0 Å². The average molecular weight is 493 g/mol. The standard InChI is InChI=1S/C28H36N4O2S/c1-5-32-20(3)23(19(2)30-32)18-31-14-12-28(13-15-31)24-11-7-6-10-22(24)26(27(28)34-4)29-25(33)17-21-9-8-16-35-21/h6-11,16,26-27H,5,12-15,17-18H2,1-4H3,(H,29,33)/t26-,27+/m1/s1. The molecule has 5 rings (SSSR count). The number of aryl methyl sites for hydroxylation is 2. The molecule has 1 aromatic carbocycles. The summed E-state index contributed by atoms with van der Waals surface area (Å²) < 4.78 is 8.31. The minimum Gasteiger partial charge on any atom is -0.378 e. The maximum Gasteiger partial charge on any atom is 0.225 e. The third kappa shape index (κ3) is 4.34. The van der Waals surface area contributed by atoms with Crippen molar-refractivity contribution in [3.05, 3.63) is 74.7 Å². The molecule has 1 fully saturated rings. The lowest BCUT2D eigenvalue weighted by molar-refractivity contribution is -0.122. The number of likely N-dealkylation sites (tertiary alicyclic amines) is 1. The molecule has 6 nitrogen and oxygen atoms in total. The van der Waals surface area contributed by atoms with Gasteiger partial charge in [0.15, 0.2) is 0 Å². The van der Waals surface area contributed by atoms with Crippen LogP contribution in [-0.4, -0.2) is 46.9 Å². The van der Waals surface area contributed by atoms with Gasteiger partial charge < -0.3 is 10.1 Å². The normalized spacial score (nSPS) is 21.4. The first-order chi connectivity index (χ1) is 17.0. The first kappa shape index (κ1) is 24.2. The Balaban J connectivity index is 1.35. The summed E-state index contributed by atoms with van der Waals surface area (Å²) in [5.74, 6) is 0.0580. The van der Waals surface area contributed by atoms with E-state index in [0.29, 0.717) is 6.42 Å². The number of piperidine rings is 1. The van der Waals surface area contributed by atoms with Gasteiger partial charge in [-0.2, -0.15) is 5.10 Å². The van der Waals surface area contributed by atoms with Crippen LogP contribution in [0.15, 0.2) is 41.8 Å². The summed E-state index contributed by atoms with van der Waals surface area (Å²) in [6, 6.07) is 12.5. The fourth-order valence-corrected chi connectivity index (χ4v) is 7.03. The molecule has 1 N–H and O–H groups in total. The Labute approximate surface area is 212 Å². The van der Waals surface area contributed by atoms with Crippen LogP contribution in [-0.2, 0) is 34.5 Å². The number of ether oxygens (including phenoxy) is 1. The first-order valence-electron chi connectivity index (χ1n) is 12.7. The molecule has 1 amide bonds. The highest BCUT2D eigenvalue weighted by molar-refractivity contribution is 7.10. The van der Waals surface area contributed by atoms with Gasteiger partial charge in [0, 0.05) is 41.7 Å². The zero-order valence-corrected chi connectivity index (χ0v) is 22.0. The van der Waals surface area contributed by atoms with Gasteiger partial charge >= 0.3 is 0 Å². The van der Waals surface area contributed by atoms with E-state index in [1.54, 1.807) is 18.4 Å². The van der Waals surface area contributed by atoms with E-state index in [0.717, 1.165) is 49.6 Å². The van der Waals surface area contributed by atoms with Crippen LogP contribution >= 0.6 is 11.3 Å². The molecule has 3 aromatic rings. The Morgan fingerprint density at radius 3 is 2.63 bits per heavy atom. The molecule has 1 saturated heterocycles. The predicted molar refractivity (Wildman–Crippen MR) is 140 cm³/mol. The van der Waals surface area contributed by atoms with E-state index in [1.165, 1.54) is 22.4 Å². The molecule has 0 unspecified atom stereocenters. The lowest BCUT2D eigenvalue weighted by Crippen LogP contribution is -2.50. The topological polar surface area (TPSA) is 59.4 Å². The van der Waals surface area contributed by atoms with Crippen LogP contribution in [0.3, 0.4) is 0 Å². The van der Waals surface area contributed by atoms with E-state index in [-0.39, 0.29) is 23.5 Å². The molecule has 0 bridgehead atoms. The number of nitrogens with one attached hydrogen (secondary N) is 1. The lowest BCUT2D eigenvalue weighted by Gasteiger charge is -2.44. The lowest BCUT2D eigenvalue weighted by atomic mass is 9.71. The van der Waals surface area contributed by atoms with Crippen LogP contribution in [0.1, 0.15) is 58.8 Å². The number of benzene rings is 1. The molecule has 2 aromatic heterocycles. The smallest absolute Gasteiger partial charge is 0.225 e. The third-order valence-electron chi connectivity index (χ3n) is 8.13. The summed E-state index contributed by atoms with van der Waals surface area (Å²) in [6.07, 6.45) is 2.37. The molecule has 1 aliphatic heterocycles. The number of hydrogen-bond acceptors (Lipinski definition) is 5. The number of methoxy groups -OCH3 is 1. The highest BCUT2D eigenvalue weighted by atomic mass is 32.1. The van der Waals surface area contributed by atoms with Gasteiger partial charge in [0.1, 0.15) is 0 Å². The van der Waals surface area contributed by atoms with Crippen molar-refractivity contribution in [1.82, 2.24) is 20.0 Å². The van der Waals surface area contributed by atoms with Crippen LogP contribution in [0, 0.1) is 13.8 Å². The second kappa shape index (κ2) is 9.88. The minimum atomic E-state index is -0.123. The van der Waals surface area contributed by atoms with Crippen molar-refractivity contribution in [2.24, 2.45) is 0 Å². The summed E-state index contributed by atoms with van der Waals surface area (Å²) in [7, 11) is 1.80. The maximum atomic E-state index is 13.0. The zero-order chi connectivity index (χ0) is 24.6. The van der Waals surface area contributed by atoms with Gasteiger partial charge in [-0.3, -0.25) is 14.4 Å².